The molecule has 1 aromatic heterocycles. The molecule has 2 N–H and O–H groups in total. The van der Waals surface area contributed by atoms with Crippen molar-refractivity contribution in [1.82, 2.24) is 4.90 Å². The molecule has 1 atom stereocenters. The minimum Gasteiger partial charge on any atom is -0.385 e. The third-order valence-corrected chi connectivity index (χ3v) is 3.31. The Morgan fingerprint density at radius 1 is 1.60 bits per heavy atom. The molecule has 3 nitrogen and oxygen atoms in total. The van der Waals surface area contributed by atoms with E-state index in [2.05, 4.69) is 23.4 Å². The zero-order chi connectivity index (χ0) is 11.1. The van der Waals surface area contributed by atoms with E-state index in [0.717, 1.165) is 26.1 Å². The van der Waals surface area contributed by atoms with Gasteiger partial charge in [0.25, 0.3) is 0 Å². The highest BCUT2D eigenvalue weighted by Crippen LogP contribution is 2.17. The maximum absolute atomic E-state index is 6.08. The van der Waals surface area contributed by atoms with Crippen LogP contribution in [0.4, 0.5) is 0 Å². The highest BCUT2D eigenvalue weighted by molar-refractivity contribution is 7.10. The van der Waals surface area contributed by atoms with Crippen molar-refractivity contribution in [3.05, 3.63) is 22.4 Å². The smallest absolute Gasteiger partial charge is 0.0518 e. The van der Waals surface area contributed by atoms with Crippen molar-refractivity contribution in [3.63, 3.8) is 0 Å². The van der Waals surface area contributed by atoms with Crippen molar-refractivity contribution < 1.29 is 4.74 Å². The average Bonchev–Trinajstić information content (AvgIpc) is 2.70. The Labute approximate surface area is 95.8 Å². The summed E-state index contributed by atoms with van der Waals surface area (Å²) in [6, 6.07) is 4.28. The number of ether oxygens (including phenoxy) is 1. The number of methoxy groups -OCH3 is 1. The summed E-state index contributed by atoms with van der Waals surface area (Å²) in [5, 5.41) is 2.07. The Morgan fingerprint density at radius 3 is 3.00 bits per heavy atom. The molecule has 0 aliphatic carbocycles. The topological polar surface area (TPSA) is 38.5 Å². The van der Waals surface area contributed by atoms with E-state index in [9.17, 15) is 0 Å². The molecule has 1 unspecified atom stereocenters. The van der Waals surface area contributed by atoms with E-state index in [1.807, 2.05) is 6.07 Å². The Kier molecular flexibility index (Phi) is 5.86. The monoisotopic (exact) mass is 228 g/mol. The van der Waals surface area contributed by atoms with Crippen LogP contribution >= 0.6 is 11.3 Å². The number of nitrogens with zero attached hydrogens (tertiary/aromatic N) is 1. The predicted molar refractivity (Wildman–Crippen MR) is 65.2 cm³/mol. The Hall–Kier alpha value is -0.420. The van der Waals surface area contributed by atoms with Gasteiger partial charge in [0, 0.05) is 31.7 Å². The molecule has 15 heavy (non-hydrogen) atoms. The molecule has 4 heteroatoms. The molecule has 0 amide bonds. The van der Waals surface area contributed by atoms with Crippen LogP contribution in [0.5, 0.6) is 0 Å². The number of hydrogen-bond acceptors (Lipinski definition) is 4. The molecule has 0 saturated carbocycles. The zero-order valence-corrected chi connectivity index (χ0v) is 10.3. The van der Waals surface area contributed by atoms with Crippen molar-refractivity contribution in [1.29, 1.82) is 0 Å². The first-order chi connectivity index (χ1) is 7.24. The van der Waals surface area contributed by atoms with Crippen LogP contribution in [0.3, 0.4) is 0 Å². The fraction of sp³-hybridized carbons (Fsp3) is 0.636. The summed E-state index contributed by atoms with van der Waals surface area (Å²) in [5.41, 5.74) is 6.08. The minimum absolute atomic E-state index is 0.137. The van der Waals surface area contributed by atoms with Gasteiger partial charge in [-0.05, 0) is 24.9 Å². The molecule has 86 valence electrons. The van der Waals surface area contributed by atoms with Gasteiger partial charge in [0.15, 0.2) is 0 Å². The zero-order valence-electron chi connectivity index (χ0n) is 9.48. The molecule has 0 spiro atoms. The summed E-state index contributed by atoms with van der Waals surface area (Å²) in [4.78, 5) is 3.51. The van der Waals surface area contributed by atoms with Crippen LogP contribution in [-0.4, -0.2) is 38.8 Å². The number of hydrogen-bond donors (Lipinski definition) is 1. The summed E-state index contributed by atoms with van der Waals surface area (Å²) < 4.78 is 5.01. The summed E-state index contributed by atoms with van der Waals surface area (Å²) in [5.74, 6) is 0. The molecule has 1 aromatic rings. The lowest BCUT2D eigenvalue weighted by molar-refractivity contribution is 0.178. The first-order valence-electron chi connectivity index (χ1n) is 5.20. The fourth-order valence-corrected chi connectivity index (χ4v) is 2.22. The third kappa shape index (κ3) is 4.75. The van der Waals surface area contributed by atoms with Gasteiger partial charge in [-0.25, -0.2) is 0 Å². The molecule has 0 bridgehead atoms. The van der Waals surface area contributed by atoms with Gasteiger partial charge in [-0.15, -0.1) is 11.3 Å². The minimum atomic E-state index is 0.137. The van der Waals surface area contributed by atoms with Gasteiger partial charge in [-0.2, -0.15) is 0 Å². The average molecular weight is 228 g/mol. The molecular weight excluding hydrogens is 208 g/mol. The van der Waals surface area contributed by atoms with Crippen molar-refractivity contribution >= 4 is 11.3 Å². The summed E-state index contributed by atoms with van der Waals surface area (Å²) in [7, 11) is 3.83. The SMILES string of the molecule is COCCCN(C)CC(N)c1cccs1. The Bertz CT molecular complexity index is 251. The molecule has 1 heterocycles. The van der Waals surface area contributed by atoms with Gasteiger partial charge in [-0.1, -0.05) is 6.07 Å². The lowest BCUT2D eigenvalue weighted by Gasteiger charge is -2.20. The van der Waals surface area contributed by atoms with Gasteiger partial charge in [-0.3, -0.25) is 0 Å². The van der Waals surface area contributed by atoms with Crippen LogP contribution in [0.2, 0.25) is 0 Å². The lowest BCUT2D eigenvalue weighted by Crippen LogP contribution is -2.29. The highest BCUT2D eigenvalue weighted by Gasteiger charge is 2.09. The number of likely N-dealkylation sites (N-methyl/N-ethyl adjacent to an activating group) is 1. The summed E-state index contributed by atoms with van der Waals surface area (Å²) in [6.07, 6.45) is 1.06. The fourth-order valence-electron chi connectivity index (χ4n) is 1.50. The van der Waals surface area contributed by atoms with E-state index in [1.54, 1.807) is 18.4 Å². The van der Waals surface area contributed by atoms with Crippen molar-refractivity contribution in [2.75, 3.05) is 33.9 Å². The van der Waals surface area contributed by atoms with E-state index in [0.29, 0.717) is 0 Å². The lowest BCUT2D eigenvalue weighted by atomic mass is 10.2. The second-order valence-corrected chi connectivity index (χ2v) is 4.71. The van der Waals surface area contributed by atoms with Crippen LogP contribution < -0.4 is 5.73 Å². The van der Waals surface area contributed by atoms with Crippen molar-refractivity contribution in [2.45, 2.75) is 12.5 Å². The predicted octanol–water partition coefficient (Wildman–Crippen LogP) is 1.72. The Morgan fingerprint density at radius 2 is 2.40 bits per heavy atom. The highest BCUT2D eigenvalue weighted by atomic mass is 32.1. The number of thiophene rings is 1. The Balaban J connectivity index is 2.22. The van der Waals surface area contributed by atoms with Crippen LogP contribution in [0.25, 0.3) is 0 Å². The van der Waals surface area contributed by atoms with Gasteiger partial charge >= 0.3 is 0 Å². The molecule has 0 aromatic carbocycles. The molecule has 0 aliphatic heterocycles. The van der Waals surface area contributed by atoms with Crippen LogP contribution in [0.1, 0.15) is 17.3 Å². The first-order valence-corrected chi connectivity index (χ1v) is 6.08. The van der Waals surface area contributed by atoms with E-state index < -0.39 is 0 Å². The summed E-state index contributed by atoms with van der Waals surface area (Å²) >= 11 is 1.72. The molecule has 0 aliphatic rings. The van der Waals surface area contributed by atoms with Gasteiger partial charge in [0.05, 0.1) is 6.04 Å². The quantitative estimate of drug-likeness (QED) is 0.722. The second kappa shape index (κ2) is 6.95. The standard InChI is InChI=1S/C11H20N2OS/c1-13(6-4-7-14-2)9-10(12)11-5-3-8-15-11/h3,5,8,10H,4,6-7,9,12H2,1-2H3. The third-order valence-electron chi connectivity index (χ3n) is 2.31. The molecule has 1 rings (SSSR count). The molecular formula is C11H20N2OS. The summed E-state index contributed by atoms with van der Waals surface area (Å²) in [6.45, 7) is 2.76. The van der Waals surface area contributed by atoms with E-state index >= 15 is 0 Å². The largest absolute Gasteiger partial charge is 0.385 e. The van der Waals surface area contributed by atoms with E-state index in [-0.39, 0.29) is 6.04 Å². The number of nitrogens with two attached hydrogens (primary N) is 1. The van der Waals surface area contributed by atoms with Crippen molar-refractivity contribution in [2.24, 2.45) is 5.73 Å². The van der Waals surface area contributed by atoms with Crippen LogP contribution in [-0.2, 0) is 4.74 Å². The van der Waals surface area contributed by atoms with Crippen LogP contribution in [0, 0.1) is 0 Å². The molecule has 0 fully saturated rings. The van der Waals surface area contributed by atoms with Gasteiger partial charge in [0.2, 0.25) is 0 Å². The second-order valence-electron chi connectivity index (χ2n) is 3.73. The van der Waals surface area contributed by atoms with Crippen LogP contribution in [0.15, 0.2) is 17.5 Å². The van der Waals surface area contributed by atoms with Crippen molar-refractivity contribution in [3.8, 4) is 0 Å². The molecule has 0 radical (unpaired) electrons. The van der Waals surface area contributed by atoms with E-state index in [4.69, 9.17) is 10.5 Å². The maximum Gasteiger partial charge on any atom is 0.0518 e. The molecule has 0 saturated heterocycles. The number of rotatable bonds is 7. The van der Waals surface area contributed by atoms with Gasteiger partial charge < -0.3 is 15.4 Å². The maximum atomic E-state index is 6.08. The van der Waals surface area contributed by atoms with E-state index in [1.165, 1.54) is 4.88 Å². The normalized spacial score (nSPS) is 13.3. The van der Waals surface area contributed by atoms with Gasteiger partial charge in [0.1, 0.15) is 0 Å². The first kappa shape index (κ1) is 12.6.